The molecule has 1 aromatic carbocycles. The Morgan fingerprint density at radius 2 is 1.87 bits per heavy atom. The van der Waals surface area contributed by atoms with Crippen LogP contribution < -0.4 is 14.8 Å². The number of hydrogen-bond donors (Lipinski definition) is 1. The molecule has 0 unspecified atom stereocenters. The molecule has 3 aliphatic rings. The van der Waals surface area contributed by atoms with Gasteiger partial charge < -0.3 is 24.4 Å². The van der Waals surface area contributed by atoms with Crippen molar-refractivity contribution in [3.63, 3.8) is 0 Å². The van der Waals surface area contributed by atoms with E-state index in [4.69, 9.17) is 14.2 Å². The second-order valence-electron chi connectivity index (χ2n) is 8.53. The molecule has 172 valence electrons. The average Bonchev–Trinajstić information content (AvgIpc) is 3.29. The van der Waals surface area contributed by atoms with E-state index < -0.39 is 0 Å². The van der Waals surface area contributed by atoms with Crippen LogP contribution in [0.15, 0.2) is 23.2 Å². The predicted molar refractivity (Wildman–Crippen MR) is 131 cm³/mol. The minimum absolute atomic E-state index is 0. The molecular weight excluding hydrogens is 509 g/mol. The molecule has 8 heteroatoms. The van der Waals surface area contributed by atoms with E-state index in [1.165, 1.54) is 25.5 Å². The lowest BCUT2D eigenvalue weighted by atomic mass is 9.78. The first-order chi connectivity index (χ1) is 14.6. The predicted octanol–water partition coefficient (Wildman–Crippen LogP) is 3.35. The zero-order valence-corrected chi connectivity index (χ0v) is 20.9. The van der Waals surface area contributed by atoms with E-state index in [1.54, 1.807) is 0 Å². The third-order valence-corrected chi connectivity index (χ3v) is 6.84. The fraction of sp³-hybridized carbons (Fsp3) is 0.652. The van der Waals surface area contributed by atoms with Gasteiger partial charge in [-0.3, -0.25) is 9.79 Å². The van der Waals surface area contributed by atoms with Gasteiger partial charge in [0.2, 0.25) is 0 Å². The Bertz CT molecular complexity index is 787. The Labute approximate surface area is 201 Å². The summed E-state index contributed by atoms with van der Waals surface area (Å²) in [7, 11) is 3.30. The fourth-order valence-electron chi connectivity index (χ4n) is 5.07. The summed E-state index contributed by atoms with van der Waals surface area (Å²) in [6, 6.07) is 6.42. The molecule has 1 N–H and O–H groups in total. The molecular formula is C23H34IN3O4. The lowest BCUT2D eigenvalue weighted by Crippen LogP contribution is -2.49. The van der Waals surface area contributed by atoms with Crippen LogP contribution in [0.25, 0.3) is 0 Å². The molecule has 0 radical (unpaired) electrons. The highest BCUT2D eigenvalue weighted by molar-refractivity contribution is 14.0. The lowest BCUT2D eigenvalue weighted by molar-refractivity contribution is -0.146. The Morgan fingerprint density at radius 1 is 1.19 bits per heavy atom. The van der Waals surface area contributed by atoms with E-state index in [2.05, 4.69) is 33.4 Å². The Hall–Kier alpha value is -1.71. The number of carbonyl (C=O) groups is 1. The van der Waals surface area contributed by atoms with Crippen LogP contribution >= 0.6 is 24.0 Å². The van der Waals surface area contributed by atoms with Crippen LogP contribution in [-0.2, 0) is 14.9 Å². The van der Waals surface area contributed by atoms with Gasteiger partial charge in [-0.25, -0.2) is 0 Å². The number of likely N-dealkylation sites (tertiary alicyclic amines) is 1. The summed E-state index contributed by atoms with van der Waals surface area (Å²) in [4.78, 5) is 18.6. The number of guanidine groups is 1. The van der Waals surface area contributed by atoms with E-state index in [9.17, 15) is 4.79 Å². The maximum absolute atomic E-state index is 11.8. The van der Waals surface area contributed by atoms with Gasteiger partial charge in [0, 0.05) is 32.1 Å². The van der Waals surface area contributed by atoms with Gasteiger partial charge in [0.1, 0.15) is 13.2 Å². The van der Waals surface area contributed by atoms with E-state index >= 15 is 0 Å². The average molecular weight is 543 g/mol. The van der Waals surface area contributed by atoms with Crippen molar-refractivity contribution in [1.29, 1.82) is 0 Å². The normalized spacial score (nSPS) is 20.7. The van der Waals surface area contributed by atoms with Crippen LogP contribution in [0.4, 0.5) is 0 Å². The maximum Gasteiger partial charge on any atom is 0.308 e. The molecule has 4 rings (SSSR count). The number of rotatable bonds is 4. The van der Waals surface area contributed by atoms with Gasteiger partial charge in [-0.1, -0.05) is 18.9 Å². The Balaban J connectivity index is 0.00000272. The molecule has 2 fully saturated rings. The highest BCUT2D eigenvalue weighted by atomic mass is 127. The first kappa shape index (κ1) is 23.9. The molecule has 0 amide bonds. The number of ether oxygens (including phenoxy) is 3. The summed E-state index contributed by atoms with van der Waals surface area (Å²) in [5.41, 5.74) is 1.40. The minimum atomic E-state index is -0.0962. The molecule has 0 atom stereocenters. The molecule has 7 nitrogen and oxygen atoms in total. The van der Waals surface area contributed by atoms with Crippen LogP contribution in [0.1, 0.15) is 44.1 Å². The number of nitrogens with one attached hydrogen (secondary N) is 1. The fourth-order valence-corrected chi connectivity index (χ4v) is 5.07. The molecule has 1 aromatic rings. The summed E-state index contributed by atoms with van der Waals surface area (Å²) >= 11 is 0. The van der Waals surface area contributed by atoms with Crippen LogP contribution in [0.2, 0.25) is 0 Å². The van der Waals surface area contributed by atoms with Crippen molar-refractivity contribution in [1.82, 2.24) is 10.2 Å². The standard InChI is InChI=1S/C23H33N3O4.HI/c1-24-22(26-11-7-17(8-12-26)21(27)28-2)25-16-23(9-3-4-10-23)18-5-6-19-20(15-18)30-14-13-29-19;/h5-6,15,17H,3-4,7-14,16H2,1-2H3,(H,24,25);1H. The second kappa shape index (κ2) is 10.7. The van der Waals surface area contributed by atoms with E-state index in [-0.39, 0.29) is 41.3 Å². The maximum atomic E-state index is 11.8. The van der Waals surface area contributed by atoms with Crippen molar-refractivity contribution in [3.8, 4) is 11.5 Å². The number of halogens is 1. The van der Waals surface area contributed by atoms with E-state index in [0.717, 1.165) is 62.8 Å². The van der Waals surface area contributed by atoms with Crippen molar-refractivity contribution < 1.29 is 19.0 Å². The molecule has 2 heterocycles. The number of esters is 1. The SMILES string of the molecule is CN=C(NCC1(c2ccc3c(c2)OCCO3)CCCC1)N1CCC(C(=O)OC)CC1.I. The van der Waals surface area contributed by atoms with Crippen LogP contribution in [-0.4, -0.2) is 63.8 Å². The van der Waals surface area contributed by atoms with Gasteiger partial charge >= 0.3 is 5.97 Å². The Kier molecular flexibility index (Phi) is 8.30. The van der Waals surface area contributed by atoms with Crippen molar-refractivity contribution in [2.24, 2.45) is 10.9 Å². The summed E-state index contributed by atoms with van der Waals surface area (Å²) in [6.45, 7) is 3.70. The van der Waals surface area contributed by atoms with Gasteiger partial charge in [-0.05, 0) is 43.4 Å². The number of benzene rings is 1. The Morgan fingerprint density at radius 3 is 2.52 bits per heavy atom. The minimum Gasteiger partial charge on any atom is -0.486 e. The molecule has 2 aliphatic heterocycles. The number of methoxy groups -OCH3 is 1. The van der Waals surface area contributed by atoms with Gasteiger partial charge in [0.05, 0.1) is 13.0 Å². The summed E-state index contributed by atoms with van der Waals surface area (Å²) in [5, 5.41) is 3.65. The topological polar surface area (TPSA) is 72.4 Å². The molecule has 0 aromatic heterocycles. The summed E-state index contributed by atoms with van der Waals surface area (Å²) < 4.78 is 16.4. The summed E-state index contributed by atoms with van der Waals surface area (Å²) in [5.74, 6) is 2.53. The van der Waals surface area contributed by atoms with Crippen molar-refractivity contribution in [2.75, 3.05) is 47.0 Å². The summed E-state index contributed by atoms with van der Waals surface area (Å²) in [6.07, 6.45) is 6.39. The van der Waals surface area contributed by atoms with Gasteiger partial charge in [-0.15, -0.1) is 24.0 Å². The smallest absolute Gasteiger partial charge is 0.308 e. The van der Waals surface area contributed by atoms with Crippen molar-refractivity contribution in [2.45, 2.75) is 43.9 Å². The molecule has 1 saturated heterocycles. The van der Waals surface area contributed by atoms with Crippen LogP contribution in [0.5, 0.6) is 11.5 Å². The van der Waals surface area contributed by atoms with Crippen molar-refractivity contribution in [3.05, 3.63) is 23.8 Å². The number of hydrogen-bond acceptors (Lipinski definition) is 5. The van der Waals surface area contributed by atoms with Gasteiger partial charge in [0.15, 0.2) is 17.5 Å². The monoisotopic (exact) mass is 543 g/mol. The zero-order chi connectivity index (χ0) is 21.0. The molecule has 1 saturated carbocycles. The van der Waals surface area contributed by atoms with Crippen LogP contribution in [0.3, 0.4) is 0 Å². The molecule has 31 heavy (non-hydrogen) atoms. The largest absolute Gasteiger partial charge is 0.486 e. The number of fused-ring (bicyclic) bond motifs is 1. The number of carbonyl (C=O) groups excluding carboxylic acids is 1. The molecule has 1 aliphatic carbocycles. The molecule has 0 spiro atoms. The zero-order valence-electron chi connectivity index (χ0n) is 18.5. The van der Waals surface area contributed by atoms with Gasteiger partial charge in [0.25, 0.3) is 0 Å². The van der Waals surface area contributed by atoms with Crippen molar-refractivity contribution >= 4 is 35.9 Å². The van der Waals surface area contributed by atoms with Crippen LogP contribution in [0, 0.1) is 5.92 Å². The second-order valence-corrected chi connectivity index (χ2v) is 8.53. The number of aliphatic imine (C=N–C) groups is 1. The highest BCUT2D eigenvalue weighted by Gasteiger charge is 2.37. The number of nitrogens with zero attached hydrogens (tertiary/aromatic N) is 2. The first-order valence-corrected chi connectivity index (χ1v) is 11.1. The van der Waals surface area contributed by atoms with E-state index in [0.29, 0.717) is 13.2 Å². The third-order valence-electron chi connectivity index (χ3n) is 6.84. The molecule has 0 bridgehead atoms. The van der Waals surface area contributed by atoms with Gasteiger partial charge in [-0.2, -0.15) is 0 Å². The lowest BCUT2D eigenvalue weighted by Gasteiger charge is -2.36. The quantitative estimate of drug-likeness (QED) is 0.272. The highest BCUT2D eigenvalue weighted by Crippen LogP contribution is 2.43. The first-order valence-electron chi connectivity index (χ1n) is 11.1. The third kappa shape index (κ3) is 5.21. The number of piperidine rings is 1. The van der Waals surface area contributed by atoms with E-state index in [1.807, 2.05) is 7.05 Å².